The molecule has 0 spiro atoms. The zero-order chi connectivity index (χ0) is 9.59. The number of hydrogen-bond acceptors (Lipinski definition) is 4. The van der Waals surface area contributed by atoms with Crippen molar-refractivity contribution in [2.75, 3.05) is 13.2 Å². The summed E-state index contributed by atoms with van der Waals surface area (Å²) >= 11 is 0. The molecule has 5 atom stereocenters. The van der Waals surface area contributed by atoms with E-state index in [1.54, 1.807) is 4.90 Å². The van der Waals surface area contributed by atoms with Gasteiger partial charge in [-0.3, -0.25) is 4.90 Å². The quantitative estimate of drug-likeness (QED) is 0.472. The Morgan fingerprint density at radius 2 is 2.00 bits per heavy atom. The second-order valence-corrected chi connectivity index (χ2v) is 3.83. The molecule has 5 heteroatoms. The molecule has 2 rings (SSSR count). The molecule has 4 nitrogen and oxygen atoms in total. The van der Waals surface area contributed by atoms with Crippen molar-refractivity contribution in [2.45, 2.75) is 36.9 Å². The van der Waals surface area contributed by atoms with Crippen LogP contribution in [-0.2, 0) is 0 Å². The fourth-order valence-corrected chi connectivity index (χ4v) is 2.42. The van der Waals surface area contributed by atoms with Crippen molar-refractivity contribution in [2.24, 2.45) is 0 Å². The van der Waals surface area contributed by atoms with Gasteiger partial charge in [0.25, 0.3) is 0 Å². The molecule has 0 aromatic carbocycles. The maximum atomic E-state index is 12.9. The van der Waals surface area contributed by atoms with Crippen LogP contribution in [-0.4, -0.2) is 63.8 Å². The van der Waals surface area contributed by atoms with Gasteiger partial charge in [0.2, 0.25) is 0 Å². The van der Waals surface area contributed by atoms with Gasteiger partial charge in [0.05, 0.1) is 24.9 Å². The van der Waals surface area contributed by atoms with Crippen LogP contribution >= 0.6 is 0 Å². The number of nitrogens with zero attached hydrogens (tertiary/aromatic N) is 1. The highest BCUT2D eigenvalue weighted by Gasteiger charge is 2.51. The SMILES string of the molecule is OC[C@@H]1[C@@H](O)[C@H](O)[C@H]2C[C@@H](F)CN12. The predicted molar refractivity (Wildman–Crippen MR) is 42.9 cm³/mol. The fourth-order valence-electron chi connectivity index (χ4n) is 2.42. The Hall–Kier alpha value is -0.230. The molecular weight excluding hydrogens is 177 g/mol. The Bertz CT molecular complexity index is 202. The van der Waals surface area contributed by atoms with Gasteiger partial charge in [-0.15, -0.1) is 0 Å². The summed E-state index contributed by atoms with van der Waals surface area (Å²) in [5, 5.41) is 27.9. The maximum absolute atomic E-state index is 12.9. The number of alkyl halides is 1. The van der Waals surface area contributed by atoms with Gasteiger partial charge in [-0.25, -0.2) is 4.39 Å². The molecule has 2 saturated heterocycles. The van der Waals surface area contributed by atoms with Gasteiger partial charge in [-0.1, -0.05) is 0 Å². The van der Waals surface area contributed by atoms with E-state index in [2.05, 4.69) is 0 Å². The lowest BCUT2D eigenvalue weighted by Gasteiger charge is -2.21. The molecule has 0 unspecified atom stereocenters. The first-order chi connectivity index (χ1) is 6.15. The zero-order valence-corrected chi connectivity index (χ0v) is 7.17. The minimum Gasteiger partial charge on any atom is -0.395 e. The van der Waals surface area contributed by atoms with Crippen molar-refractivity contribution in [3.8, 4) is 0 Å². The van der Waals surface area contributed by atoms with Crippen LogP contribution in [0.2, 0.25) is 0 Å². The Balaban J connectivity index is 2.15. The summed E-state index contributed by atoms with van der Waals surface area (Å²) in [5.74, 6) is 0. The molecule has 2 aliphatic heterocycles. The van der Waals surface area contributed by atoms with Crippen LogP contribution in [0.5, 0.6) is 0 Å². The monoisotopic (exact) mass is 191 g/mol. The summed E-state index contributed by atoms with van der Waals surface area (Å²) in [4.78, 5) is 1.67. The predicted octanol–water partition coefficient (Wildman–Crippen LogP) is -1.50. The average molecular weight is 191 g/mol. The zero-order valence-electron chi connectivity index (χ0n) is 7.17. The van der Waals surface area contributed by atoms with Gasteiger partial charge in [-0.05, 0) is 6.42 Å². The first-order valence-corrected chi connectivity index (χ1v) is 4.52. The molecule has 0 aromatic heterocycles. The number of fused-ring (bicyclic) bond motifs is 1. The van der Waals surface area contributed by atoms with E-state index in [1.807, 2.05) is 0 Å². The van der Waals surface area contributed by atoms with E-state index in [9.17, 15) is 14.6 Å². The molecule has 2 fully saturated rings. The van der Waals surface area contributed by atoms with Crippen LogP contribution in [0.15, 0.2) is 0 Å². The van der Waals surface area contributed by atoms with E-state index in [0.717, 1.165) is 0 Å². The minimum atomic E-state index is -0.943. The fraction of sp³-hybridized carbons (Fsp3) is 1.00. The molecule has 3 N–H and O–H groups in total. The van der Waals surface area contributed by atoms with Crippen molar-refractivity contribution in [1.82, 2.24) is 4.90 Å². The summed E-state index contributed by atoms with van der Waals surface area (Å²) in [6.45, 7) is -0.0224. The maximum Gasteiger partial charge on any atom is 0.114 e. The number of aliphatic hydroxyl groups is 3. The number of rotatable bonds is 1. The van der Waals surface area contributed by atoms with Crippen molar-refractivity contribution in [3.63, 3.8) is 0 Å². The van der Waals surface area contributed by atoms with Crippen LogP contribution in [0, 0.1) is 0 Å². The van der Waals surface area contributed by atoms with Crippen molar-refractivity contribution < 1.29 is 19.7 Å². The molecular formula is C8H14FNO3. The third kappa shape index (κ3) is 1.27. The first kappa shape index (κ1) is 9.33. The lowest BCUT2D eigenvalue weighted by atomic mass is 10.0. The lowest BCUT2D eigenvalue weighted by molar-refractivity contribution is 0.0123. The summed E-state index contributed by atoms with van der Waals surface area (Å²) in [6.07, 6.45) is -2.55. The standard InChI is InChI=1S/C8H14FNO3/c9-4-1-5-7(12)8(13)6(3-11)10(5)2-4/h4-8,11-13H,1-3H2/t4-,5-,6-,7-,8-/m1/s1. The highest BCUT2D eigenvalue weighted by molar-refractivity contribution is 5.05. The van der Waals surface area contributed by atoms with E-state index in [0.29, 0.717) is 0 Å². The van der Waals surface area contributed by atoms with Crippen LogP contribution in [0.4, 0.5) is 4.39 Å². The molecule has 76 valence electrons. The van der Waals surface area contributed by atoms with Crippen LogP contribution in [0.1, 0.15) is 6.42 Å². The topological polar surface area (TPSA) is 63.9 Å². The van der Waals surface area contributed by atoms with Crippen molar-refractivity contribution >= 4 is 0 Å². The second-order valence-electron chi connectivity index (χ2n) is 3.83. The Kier molecular flexibility index (Phi) is 2.27. The van der Waals surface area contributed by atoms with E-state index in [4.69, 9.17) is 5.11 Å². The Labute approximate surface area is 75.6 Å². The highest BCUT2D eigenvalue weighted by atomic mass is 19.1. The van der Waals surface area contributed by atoms with Crippen LogP contribution < -0.4 is 0 Å². The lowest BCUT2D eigenvalue weighted by Crippen LogP contribution is -2.39. The Morgan fingerprint density at radius 1 is 1.31 bits per heavy atom. The molecule has 2 heterocycles. The van der Waals surface area contributed by atoms with Gasteiger partial charge in [-0.2, -0.15) is 0 Å². The van der Waals surface area contributed by atoms with Gasteiger partial charge in [0.1, 0.15) is 6.17 Å². The smallest absolute Gasteiger partial charge is 0.114 e. The van der Waals surface area contributed by atoms with E-state index in [-0.39, 0.29) is 25.6 Å². The third-order valence-electron chi connectivity index (χ3n) is 3.08. The van der Waals surface area contributed by atoms with Crippen molar-refractivity contribution in [1.29, 1.82) is 0 Å². The summed E-state index contributed by atoms with van der Waals surface area (Å²) in [5.41, 5.74) is 0. The van der Waals surface area contributed by atoms with E-state index < -0.39 is 24.4 Å². The van der Waals surface area contributed by atoms with Crippen molar-refractivity contribution in [3.05, 3.63) is 0 Å². The normalized spacial score (nSPS) is 51.2. The summed E-state index contributed by atoms with van der Waals surface area (Å²) < 4.78 is 12.9. The molecule has 0 saturated carbocycles. The Morgan fingerprint density at radius 3 is 2.62 bits per heavy atom. The summed E-state index contributed by atoms with van der Waals surface area (Å²) in [6, 6.07) is -0.817. The third-order valence-corrected chi connectivity index (χ3v) is 3.08. The molecule has 2 aliphatic rings. The molecule has 0 amide bonds. The number of hydrogen-bond donors (Lipinski definition) is 3. The van der Waals surface area contributed by atoms with Crippen LogP contribution in [0.3, 0.4) is 0 Å². The number of halogens is 1. The van der Waals surface area contributed by atoms with Gasteiger partial charge >= 0.3 is 0 Å². The highest BCUT2D eigenvalue weighted by Crippen LogP contribution is 2.34. The van der Waals surface area contributed by atoms with Crippen LogP contribution in [0.25, 0.3) is 0 Å². The second kappa shape index (κ2) is 3.16. The summed E-state index contributed by atoms with van der Waals surface area (Å²) in [7, 11) is 0. The minimum absolute atomic E-state index is 0.212. The van der Waals surface area contributed by atoms with Gasteiger partial charge in [0, 0.05) is 12.6 Å². The molecule has 0 radical (unpaired) electrons. The largest absolute Gasteiger partial charge is 0.395 e. The van der Waals surface area contributed by atoms with E-state index in [1.165, 1.54) is 0 Å². The molecule has 13 heavy (non-hydrogen) atoms. The van der Waals surface area contributed by atoms with Gasteiger partial charge < -0.3 is 15.3 Å². The molecule has 0 bridgehead atoms. The average Bonchev–Trinajstić information content (AvgIpc) is 2.54. The van der Waals surface area contributed by atoms with Gasteiger partial charge in [0.15, 0.2) is 0 Å². The molecule has 0 aromatic rings. The van der Waals surface area contributed by atoms with E-state index >= 15 is 0 Å². The first-order valence-electron chi connectivity index (χ1n) is 4.52. The molecule has 0 aliphatic carbocycles. The number of aliphatic hydroxyl groups excluding tert-OH is 3.